The fourth-order valence-corrected chi connectivity index (χ4v) is 9.02. The third-order valence-electron chi connectivity index (χ3n) is 11.8. The standard InChI is InChI=1S/C54H33N3/c1-2-10-48-45(7-1)50-33-43(23-26-49(50)54-53(48)55-27-28-56-54)42-20-19-40-31-39(17-18-41(40)32-42)38-16-15-36-29-35(13-14-37(36)30-38)34-21-24-44(25-22-34)57-51-11-5-3-8-46(51)47-9-4-6-12-52(47)57/h1-33H. The van der Waals surface area contributed by atoms with E-state index in [1.54, 1.807) is 12.4 Å². The molecule has 57 heavy (non-hydrogen) atoms. The van der Waals surface area contributed by atoms with Crippen LogP contribution < -0.4 is 0 Å². The number of hydrogen-bond donors (Lipinski definition) is 0. The summed E-state index contributed by atoms with van der Waals surface area (Å²) in [6, 6.07) is 68.8. The molecule has 10 aromatic carbocycles. The van der Waals surface area contributed by atoms with Crippen molar-refractivity contribution < 1.29 is 0 Å². The van der Waals surface area contributed by atoms with E-state index < -0.39 is 0 Å². The summed E-state index contributed by atoms with van der Waals surface area (Å²) in [5.41, 5.74) is 12.8. The molecule has 0 N–H and O–H groups in total. The minimum absolute atomic E-state index is 0.944. The van der Waals surface area contributed by atoms with Gasteiger partial charge in [-0.3, -0.25) is 9.97 Å². The Balaban J connectivity index is 0.844. The van der Waals surface area contributed by atoms with Crippen LogP contribution in [0.5, 0.6) is 0 Å². The van der Waals surface area contributed by atoms with Crippen molar-refractivity contribution >= 4 is 75.9 Å². The highest BCUT2D eigenvalue weighted by Crippen LogP contribution is 2.38. The Hall–Kier alpha value is -7.62. The Morgan fingerprint density at radius 1 is 0.281 bits per heavy atom. The normalized spacial score (nSPS) is 11.9. The zero-order valence-corrected chi connectivity index (χ0v) is 30.9. The van der Waals surface area contributed by atoms with E-state index in [9.17, 15) is 0 Å². The number of aromatic nitrogens is 3. The molecule has 0 bridgehead atoms. The van der Waals surface area contributed by atoms with Gasteiger partial charge in [-0.1, -0.05) is 133 Å². The van der Waals surface area contributed by atoms with E-state index in [1.807, 2.05) is 0 Å². The van der Waals surface area contributed by atoms with Crippen molar-refractivity contribution in [3.05, 3.63) is 200 Å². The number of para-hydroxylation sites is 2. The van der Waals surface area contributed by atoms with Gasteiger partial charge < -0.3 is 4.57 Å². The van der Waals surface area contributed by atoms with Crippen LogP contribution in [0.25, 0.3) is 115 Å². The SMILES string of the molecule is c1ccc2c(c1)c1cc(-c3ccc4cc(-c5ccc6cc(-c7ccc(-n8c9ccccc9c9ccccc98)cc7)ccc6c5)ccc4c3)ccc1c1nccnc21. The first-order chi connectivity index (χ1) is 28.2. The molecule has 0 aliphatic rings. The Bertz CT molecular complexity index is 3490. The maximum Gasteiger partial charge on any atom is 0.0971 e. The number of nitrogens with zero attached hydrogens (tertiary/aromatic N) is 3. The van der Waals surface area contributed by atoms with Crippen LogP contribution in [-0.4, -0.2) is 14.5 Å². The average Bonchev–Trinajstić information content (AvgIpc) is 3.62. The molecule has 12 aromatic rings. The van der Waals surface area contributed by atoms with Crippen molar-refractivity contribution in [2.45, 2.75) is 0 Å². The second-order valence-electron chi connectivity index (χ2n) is 15.0. The van der Waals surface area contributed by atoms with Gasteiger partial charge in [0.2, 0.25) is 0 Å². The van der Waals surface area contributed by atoms with Gasteiger partial charge >= 0.3 is 0 Å². The van der Waals surface area contributed by atoms with Crippen molar-refractivity contribution in [1.29, 1.82) is 0 Å². The van der Waals surface area contributed by atoms with Gasteiger partial charge in [-0.25, -0.2) is 0 Å². The zero-order chi connectivity index (χ0) is 37.5. The molecule has 2 aromatic heterocycles. The lowest BCUT2D eigenvalue weighted by molar-refractivity contribution is 1.18. The molecule has 3 heteroatoms. The fourth-order valence-electron chi connectivity index (χ4n) is 9.02. The van der Waals surface area contributed by atoms with Gasteiger partial charge in [0, 0.05) is 39.6 Å². The third-order valence-corrected chi connectivity index (χ3v) is 11.8. The summed E-state index contributed by atoms with van der Waals surface area (Å²) < 4.78 is 2.37. The second-order valence-corrected chi connectivity index (χ2v) is 15.0. The molecule has 0 fully saturated rings. The molecule has 0 amide bonds. The van der Waals surface area contributed by atoms with Crippen molar-refractivity contribution in [2.75, 3.05) is 0 Å². The molecule has 0 saturated heterocycles. The van der Waals surface area contributed by atoms with E-state index in [-0.39, 0.29) is 0 Å². The smallest absolute Gasteiger partial charge is 0.0971 e. The highest BCUT2D eigenvalue weighted by molar-refractivity contribution is 6.23. The summed E-state index contributed by atoms with van der Waals surface area (Å²) >= 11 is 0. The number of hydrogen-bond acceptors (Lipinski definition) is 2. The van der Waals surface area contributed by atoms with Gasteiger partial charge in [-0.05, 0) is 120 Å². The molecule has 264 valence electrons. The van der Waals surface area contributed by atoms with Gasteiger partial charge in [0.25, 0.3) is 0 Å². The molecule has 0 saturated carbocycles. The van der Waals surface area contributed by atoms with E-state index in [4.69, 9.17) is 9.97 Å². The van der Waals surface area contributed by atoms with Crippen molar-refractivity contribution in [1.82, 2.24) is 14.5 Å². The summed E-state index contributed by atoms with van der Waals surface area (Å²) in [5.74, 6) is 0. The minimum Gasteiger partial charge on any atom is -0.309 e. The molecule has 0 aliphatic heterocycles. The van der Waals surface area contributed by atoms with Crippen LogP contribution in [0.2, 0.25) is 0 Å². The largest absolute Gasteiger partial charge is 0.309 e. The average molecular weight is 724 g/mol. The maximum atomic E-state index is 4.73. The molecule has 2 heterocycles. The topological polar surface area (TPSA) is 30.7 Å². The lowest BCUT2D eigenvalue weighted by Crippen LogP contribution is -1.93. The third kappa shape index (κ3) is 5.06. The lowest BCUT2D eigenvalue weighted by atomic mass is 9.93. The van der Waals surface area contributed by atoms with Gasteiger partial charge in [-0.2, -0.15) is 0 Å². The van der Waals surface area contributed by atoms with Crippen LogP contribution in [0.1, 0.15) is 0 Å². The van der Waals surface area contributed by atoms with Crippen LogP contribution in [-0.2, 0) is 0 Å². The first-order valence-corrected chi connectivity index (χ1v) is 19.5. The van der Waals surface area contributed by atoms with E-state index in [2.05, 4.69) is 193 Å². The van der Waals surface area contributed by atoms with Crippen LogP contribution >= 0.6 is 0 Å². The highest BCUT2D eigenvalue weighted by atomic mass is 15.0. The predicted molar refractivity (Wildman–Crippen MR) is 240 cm³/mol. The highest BCUT2D eigenvalue weighted by Gasteiger charge is 2.14. The van der Waals surface area contributed by atoms with E-state index >= 15 is 0 Å². The fraction of sp³-hybridized carbons (Fsp3) is 0. The molecule has 0 radical (unpaired) electrons. The Morgan fingerprint density at radius 3 is 1.19 bits per heavy atom. The molecule has 0 aliphatic carbocycles. The number of rotatable bonds is 4. The van der Waals surface area contributed by atoms with Crippen LogP contribution in [0.4, 0.5) is 0 Å². The monoisotopic (exact) mass is 723 g/mol. The minimum atomic E-state index is 0.944. The first kappa shape index (κ1) is 31.7. The maximum absolute atomic E-state index is 4.73. The molecule has 3 nitrogen and oxygen atoms in total. The predicted octanol–water partition coefficient (Wildman–Crippen LogP) is 14.3. The molecular weight excluding hydrogens is 691 g/mol. The summed E-state index contributed by atoms with van der Waals surface area (Å²) in [6.07, 6.45) is 3.56. The first-order valence-electron chi connectivity index (χ1n) is 19.5. The Labute approximate surface area is 328 Å². The van der Waals surface area contributed by atoms with Gasteiger partial charge in [0.15, 0.2) is 0 Å². The van der Waals surface area contributed by atoms with Crippen LogP contribution in [0.15, 0.2) is 200 Å². The van der Waals surface area contributed by atoms with Gasteiger partial charge in [0.05, 0.1) is 22.1 Å². The molecule has 12 rings (SSSR count). The Morgan fingerprint density at radius 2 is 0.667 bits per heavy atom. The molecule has 0 atom stereocenters. The van der Waals surface area contributed by atoms with Gasteiger partial charge in [0.1, 0.15) is 0 Å². The second kappa shape index (κ2) is 12.5. The quantitative estimate of drug-likeness (QED) is 0.169. The lowest BCUT2D eigenvalue weighted by Gasteiger charge is -2.12. The summed E-state index contributed by atoms with van der Waals surface area (Å²) in [5, 5.41) is 12.1. The molecular formula is C54H33N3. The van der Waals surface area contributed by atoms with E-state index in [0.717, 1.165) is 21.8 Å². The molecule has 0 spiro atoms. The number of fused-ring (bicyclic) bond motifs is 11. The van der Waals surface area contributed by atoms with Crippen molar-refractivity contribution in [3.8, 4) is 39.1 Å². The summed E-state index contributed by atoms with van der Waals surface area (Å²) in [6.45, 7) is 0. The van der Waals surface area contributed by atoms with Crippen molar-refractivity contribution in [2.24, 2.45) is 0 Å². The van der Waals surface area contributed by atoms with Crippen LogP contribution in [0, 0.1) is 0 Å². The summed E-state index contributed by atoms with van der Waals surface area (Å²) in [7, 11) is 0. The molecule has 0 unspecified atom stereocenters. The zero-order valence-electron chi connectivity index (χ0n) is 30.9. The van der Waals surface area contributed by atoms with E-state index in [1.165, 1.54) is 93.2 Å². The number of benzene rings is 10. The Kier molecular flexibility index (Phi) is 6.93. The summed E-state index contributed by atoms with van der Waals surface area (Å²) in [4.78, 5) is 9.42. The van der Waals surface area contributed by atoms with E-state index in [0.29, 0.717) is 0 Å². The van der Waals surface area contributed by atoms with Crippen LogP contribution in [0.3, 0.4) is 0 Å². The van der Waals surface area contributed by atoms with Crippen molar-refractivity contribution in [3.63, 3.8) is 0 Å². The van der Waals surface area contributed by atoms with Gasteiger partial charge in [-0.15, -0.1) is 0 Å².